The zero-order valence-corrected chi connectivity index (χ0v) is 12.0. The smallest absolute Gasteiger partial charge is 0.315 e. The first-order chi connectivity index (χ1) is 9.36. The van der Waals surface area contributed by atoms with Crippen molar-refractivity contribution in [3.05, 3.63) is 35.4 Å². The number of aliphatic hydroxyl groups excluding tert-OH is 1. The van der Waals surface area contributed by atoms with E-state index in [1.54, 1.807) is 19.1 Å². The second-order valence-corrected chi connectivity index (χ2v) is 4.86. The number of hydrogen-bond donors (Lipinski definition) is 2. The van der Waals surface area contributed by atoms with Crippen LogP contribution in [0.1, 0.15) is 31.1 Å². The summed E-state index contributed by atoms with van der Waals surface area (Å²) >= 11 is 0. The fourth-order valence-corrected chi connectivity index (χ4v) is 1.86. The number of rotatable bonds is 6. The van der Waals surface area contributed by atoms with Crippen LogP contribution in [0.3, 0.4) is 0 Å². The van der Waals surface area contributed by atoms with Gasteiger partial charge in [0.25, 0.3) is 0 Å². The lowest BCUT2D eigenvalue weighted by atomic mass is 10.1. The van der Waals surface area contributed by atoms with Gasteiger partial charge in [-0.25, -0.2) is 0 Å². The molecule has 0 saturated carbocycles. The van der Waals surface area contributed by atoms with Gasteiger partial charge in [-0.2, -0.15) is 0 Å². The molecule has 0 aliphatic carbocycles. The molecule has 110 valence electrons. The van der Waals surface area contributed by atoms with Crippen molar-refractivity contribution in [1.82, 2.24) is 4.90 Å². The summed E-state index contributed by atoms with van der Waals surface area (Å²) in [4.78, 5) is 24.2. The molecule has 0 radical (unpaired) electrons. The summed E-state index contributed by atoms with van der Waals surface area (Å²) in [5.41, 5.74) is 1.80. The molecular weight excluding hydrogens is 258 g/mol. The molecule has 1 aromatic rings. The van der Waals surface area contributed by atoms with Crippen LogP contribution < -0.4 is 0 Å². The summed E-state index contributed by atoms with van der Waals surface area (Å²) in [5.74, 6) is -2.73. The van der Waals surface area contributed by atoms with E-state index in [1.165, 1.54) is 11.8 Å². The van der Waals surface area contributed by atoms with Crippen molar-refractivity contribution in [2.45, 2.75) is 26.9 Å². The van der Waals surface area contributed by atoms with Gasteiger partial charge in [-0.3, -0.25) is 9.59 Å². The number of carboxylic acid groups (broad SMARTS) is 1. The Morgan fingerprint density at radius 2 is 1.80 bits per heavy atom. The topological polar surface area (TPSA) is 77.8 Å². The van der Waals surface area contributed by atoms with E-state index in [4.69, 9.17) is 5.11 Å². The summed E-state index contributed by atoms with van der Waals surface area (Å²) in [6.07, 6.45) is -0.819. The van der Waals surface area contributed by atoms with Crippen LogP contribution >= 0.6 is 0 Å². The minimum Gasteiger partial charge on any atom is -0.481 e. The Morgan fingerprint density at radius 3 is 2.25 bits per heavy atom. The van der Waals surface area contributed by atoms with Crippen LogP contribution in [0.5, 0.6) is 0 Å². The number of aryl methyl sites for hydroxylation is 1. The number of amides is 1. The van der Waals surface area contributed by atoms with Gasteiger partial charge < -0.3 is 15.1 Å². The first-order valence-corrected chi connectivity index (χ1v) is 6.63. The molecular formula is C15H21NO4. The van der Waals surface area contributed by atoms with E-state index < -0.39 is 23.9 Å². The molecule has 0 saturated heterocycles. The molecule has 0 fully saturated rings. The molecule has 0 bridgehead atoms. The number of aliphatic carboxylic acids is 1. The molecule has 5 heteroatoms. The van der Waals surface area contributed by atoms with Crippen molar-refractivity contribution < 1.29 is 19.8 Å². The van der Waals surface area contributed by atoms with E-state index in [0.29, 0.717) is 12.1 Å². The number of aliphatic hydroxyl groups is 1. The van der Waals surface area contributed by atoms with E-state index in [2.05, 4.69) is 0 Å². The van der Waals surface area contributed by atoms with Crippen molar-refractivity contribution >= 4 is 11.9 Å². The van der Waals surface area contributed by atoms with Gasteiger partial charge in [0.2, 0.25) is 5.91 Å². The van der Waals surface area contributed by atoms with E-state index in [0.717, 1.165) is 5.56 Å². The van der Waals surface area contributed by atoms with Crippen LogP contribution in [0.15, 0.2) is 24.3 Å². The second-order valence-electron chi connectivity index (χ2n) is 4.86. The minimum atomic E-state index is -1.15. The van der Waals surface area contributed by atoms with Gasteiger partial charge >= 0.3 is 5.97 Å². The zero-order valence-electron chi connectivity index (χ0n) is 12.0. The molecule has 20 heavy (non-hydrogen) atoms. The standard InChI is InChI=1S/C15H21NO4/c1-4-16(14(18)11(3)15(19)20)9-13(17)12-7-5-10(2)6-8-12/h5-8,11,13,17H,4,9H2,1-3H3,(H,19,20). The fourth-order valence-electron chi connectivity index (χ4n) is 1.86. The lowest BCUT2D eigenvalue weighted by Crippen LogP contribution is -2.40. The molecule has 0 spiro atoms. The van der Waals surface area contributed by atoms with E-state index in [1.807, 2.05) is 19.1 Å². The molecule has 2 unspecified atom stereocenters. The Balaban J connectivity index is 2.75. The Labute approximate surface area is 118 Å². The summed E-state index contributed by atoms with van der Waals surface area (Å²) in [6, 6.07) is 7.38. The molecule has 0 aliphatic rings. The molecule has 5 nitrogen and oxygen atoms in total. The average Bonchev–Trinajstić information content (AvgIpc) is 2.43. The van der Waals surface area contributed by atoms with Crippen LogP contribution in [0.25, 0.3) is 0 Å². The largest absolute Gasteiger partial charge is 0.481 e. The first kappa shape index (κ1) is 16.2. The maximum Gasteiger partial charge on any atom is 0.315 e. The molecule has 2 N–H and O–H groups in total. The maximum absolute atomic E-state index is 12.0. The molecule has 1 aromatic carbocycles. The highest BCUT2D eigenvalue weighted by molar-refractivity contribution is 5.96. The van der Waals surface area contributed by atoms with Crippen LogP contribution in [0, 0.1) is 12.8 Å². The van der Waals surface area contributed by atoms with Crippen LogP contribution in [0.4, 0.5) is 0 Å². The van der Waals surface area contributed by atoms with Crippen LogP contribution in [0.2, 0.25) is 0 Å². The van der Waals surface area contributed by atoms with Crippen LogP contribution in [-0.2, 0) is 9.59 Å². The Morgan fingerprint density at radius 1 is 1.25 bits per heavy atom. The molecule has 0 aliphatic heterocycles. The molecule has 0 heterocycles. The first-order valence-electron chi connectivity index (χ1n) is 6.63. The van der Waals surface area contributed by atoms with Crippen molar-refractivity contribution in [3.63, 3.8) is 0 Å². The Kier molecular flexibility index (Phi) is 5.70. The summed E-state index contributed by atoms with van der Waals surface area (Å²) in [7, 11) is 0. The fraction of sp³-hybridized carbons (Fsp3) is 0.467. The number of benzene rings is 1. The van der Waals surface area contributed by atoms with Crippen molar-refractivity contribution in [1.29, 1.82) is 0 Å². The highest BCUT2D eigenvalue weighted by atomic mass is 16.4. The number of hydrogen-bond acceptors (Lipinski definition) is 3. The van der Waals surface area contributed by atoms with Gasteiger partial charge in [-0.1, -0.05) is 29.8 Å². The molecule has 1 amide bonds. The van der Waals surface area contributed by atoms with Crippen LogP contribution in [-0.4, -0.2) is 40.1 Å². The van der Waals surface area contributed by atoms with Crippen molar-refractivity contribution in [2.75, 3.05) is 13.1 Å². The van der Waals surface area contributed by atoms with E-state index in [9.17, 15) is 14.7 Å². The van der Waals surface area contributed by atoms with E-state index >= 15 is 0 Å². The minimum absolute atomic E-state index is 0.0933. The normalized spacial score (nSPS) is 13.6. The monoisotopic (exact) mass is 279 g/mol. The van der Waals surface area contributed by atoms with Gasteiger partial charge in [-0.05, 0) is 26.3 Å². The quantitative estimate of drug-likeness (QED) is 0.775. The Bertz CT molecular complexity index is 469. The summed E-state index contributed by atoms with van der Waals surface area (Å²) < 4.78 is 0. The number of carbonyl (C=O) groups excluding carboxylic acids is 1. The lowest BCUT2D eigenvalue weighted by Gasteiger charge is -2.25. The van der Waals surface area contributed by atoms with Gasteiger partial charge in [0, 0.05) is 6.54 Å². The van der Waals surface area contributed by atoms with Crippen molar-refractivity contribution in [2.24, 2.45) is 5.92 Å². The number of carbonyl (C=O) groups is 2. The Hall–Kier alpha value is -1.88. The number of carboxylic acids is 1. The summed E-state index contributed by atoms with van der Waals surface area (Å²) in [5, 5.41) is 19.0. The number of nitrogens with zero attached hydrogens (tertiary/aromatic N) is 1. The predicted octanol–water partition coefficient (Wildman–Crippen LogP) is 1.60. The number of likely N-dealkylation sites (N-methyl/N-ethyl adjacent to an activating group) is 1. The second kappa shape index (κ2) is 7.05. The highest BCUT2D eigenvalue weighted by Gasteiger charge is 2.26. The zero-order chi connectivity index (χ0) is 15.3. The van der Waals surface area contributed by atoms with Gasteiger partial charge in [0.15, 0.2) is 0 Å². The summed E-state index contributed by atoms with van der Waals surface area (Å²) in [6.45, 7) is 5.52. The third-order valence-corrected chi connectivity index (χ3v) is 3.29. The van der Waals surface area contributed by atoms with E-state index in [-0.39, 0.29) is 6.54 Å². The third-order valence-electron chi connectivity index (χ3n) is 3.29. The molecule has 2 atom stereocenters. The average molecular weight is 279 g/mol. The van der Waals surface area contributed by atoms with Gasteiger partial charge in [0.05, 0.1) is 12.6 Å². The molecule has 1 rings (SSSR count). The predicted molar refractivity (Wildman–Crippen MR) is 75.2 cm³/mol. The lowest BCUT2D eigenvalue weighted by molar-refractivity contribution is -0.150. The van der Waals surface area contributed by atoms with Gasteiger partial charge in [0.1, 0.15) is 5.92 Å². The SMILES string of the molecule is CCN(CC(O)c1ccc(C)cc1)C(=O)C(C)C(=O)O. The van der Waals surface area contributed by atoms with Crippen molar-refractivity contribution in [3.8, 4) is 0 Å². The van der Waals surface area contributed by atoms with Gasteiger partial charge in [-0.15, -0.1) is 0 Å². The maximum atomic E-state index is 12.0. The highest BCUT2D eigenvalue weighted by Crippen LogP contribution is 2.16. The molecule has 0 aromatic heterocycles. The third kappa shape index (κ3) is 4.06.